The molecule has 7 atom stereocenters. The maximum Gasteiger partial charge on any atom is 0.317 e. The first-order valence-corrected chi connectivity index (χ1v) is 19.8. The van der Waals surface area contributed by atoms with E-state index in [1.165, 1.54) is 29.8 Å². The van der Waals surface area contributed by atoms with Gasteiger partial charge in [-0.2, -0.15) is 0 Å². The van der Waals surface area contributed by atoms with E-state index in [0.29, 0.717) is 48.6 Å². The Kier molecular flexibility index (Phi) is 10.3. The summed E-state index contributed by atoms with van der Waals surface area (Å²) in [5, 5.41) is 27.2. The molecule has 6 aliphatic carbocycles. The second-order valence-electron chi connectivity index (χ2n) is 17.4. The van der Waals surface area contributed by atoms with E-state index in [0.717, 1.165) is 58.9 Å². The number of nitrogens with zero attached hydrogens (tertiary/aromatic N) is 1. The number of ketones is 1. The summed E-state index contributed by atoms with van der Waals surface area (Å²) < 4.78 is 0. The molecule has 1 aromatic carbocycles. The number of amides is 2. The van der Waals surface area contributed by atoms with Crippen LogP contribution in [0.4, 0.5) is 4.79 Å². The van der Waals surface area contributed by atoms with Crippen LogP contribution in [0.1, 0.15) is 136 Å². The van der Waals surface area contributed by atoms with Crippen molar-refractivity contribution in [2.24, 2.45) is 28.6 Å². The second-order valence-corrected chi connectivity index (χ2v) is 18.7. The summed E-state index contributed by atoms with van der Waals surface area (Å²) in [6, 6.07) is 10.0. The third kappa shape index (κ3) is 7.06. The molecular formula is C42H60N2O4S. The molecule has 0 saturated heterocycles. The molecule has 2 amide bonds. The Labute approximate surface area is 298 Å². The van der Waals surface area contributed by atoms with Crippen molar-refractivity contribution < 1.29 is 19.8 Å². The highest BCUT2D eigenvalue weighted by Crippen LogP contribution is 2.62. The monoisotopic (exact) mass is 688 g/mol. The number of allylic oxidation sites excluding steroid dienone is 2. The van der Waals surface area contributed by atoms with Crippen LogP contribution >= 0.6 is 11.3 Å². The Balaban J connectivity index is 1.39. The lowest BCUT2D eigenvalue weighted by atomic mass is 9.45. The second kappa shape index (κ2) is 13.9. The topological polar surface area (TPSA) is 89.9 Å². The molecule has 6 aliphatic rings. The summed E-state index contributed by atoms with van der Waals surface area (Å²) >= 11 is 1.52. The number of thiophene rings is 1. The molecule has 6 nitrogen and oxygen atoms in total. The van der Waals surface area contributed by atoms with Gasteiger partial charge >= 0.3 is 6.03 Å². The van der Waals surface area contributed by atoms with Crippen LogP contribution in [0.3, 0.4) is 0 Å². The van der Waals surface area contributed by atoms with Crippen molar-refractivity contribution in [3.05, 3.63) is 68.4 Å². The smallest absolute Gasteiger partial charge is 0.317 e. The number of rotatable bonds is 7. The first-order chi connectivity index (χ1) is 23.1. The van der Waals surface area contributed by atoms with Gasteiger partial charge in [0.2, 0.25) is 5.78 Å². The summed E-state index contributed by atoms with van der Waals surface area (Å²) in [5.74, 6) is 1.78. The minimum atomic E-state index is -1.13. The first-order valence-electron chi connectivity index (χ1n) is 19.0. The standard InChI is InChI=1S/C42H60N2O4S/c1-26(2)43-39(47)44(24-30-13-14-31-23-36(30)40(31,5)6)25-42(48)20-18-35-33-16-12-29(22-34(33)38(46)37-17-11-28(4)49-37)21-32(45)15-10-27(3)9-8-19-41(35,42)7/h9,11-12,16-17,22,26,30-32,35-36,45,48H,8,10,13-15,18-21,23-25H2,1-7H3,(H,43,47). The molecule has 4 saturated carbocycles. The van der Waals surface area contributed by atoms with Gasteiger partial charge in [0.05, 0.1) is 23.1 Å². The molecule has 3 N–H and O–H groups in total. The van der Waals surface area contributed by atoms with E-state index in [4.69, 9.17) is 0 Å². The molecule has 49 heavy (non-hydrogen) atoms. The number of hydrogen-bond acceptors (Lipinski definition) is 5. The molecule has 0 spiro atoms. The Morgan fingerprint density at radius 3 is 2.49 bits per heavy atom. The Bertz CT molecular complexity index is 1570. The molecule has 4 bridgehead atoms. The number of hydrogen-bond donors (Lipinski definition) is 3. The molecule has 0 aliphatic heterocycles. The van der Waals surface area contributed by atoms with Crippen molar-refractivity contribution in [2.75, 3.05) is 13.1 Å². The molecular weight excluding hydrogens is 629 g/mol. The summed E-state index contributed by atoms with van der Waals surface area (Å²) in [6.07, 6.45) is 10.2. The predicted molar refractivity (Wildman–Crippen MR) is 199 cm³/mol. The van der Waals surface area contributed by atoms with Gasteiger partial charge < -0.3 is 20.4 Å². The summed E-state index contributed by atoms with van der Waals surface area (Å²) in [7, 11) is 0. The van der Waals surface area contributed by atoms with Gasteiger partial charge in [-0.3, -0.25) is 4.79 Å². The Hall–Kier alpha value is -2.48. The van der Waals surface area contributed by atoms with Gasteiger partial charge in [0.25, 0.3) is 0 Å². The van der Waals surface area contributed by atoms with Gasteiger partial charge in [-0.15, -0.1) is 11.3 Å². The maximum absolute atomic E-state index is 14.3. The average molecular weight is 689 g/mol. The zero-order chi connectivity index (χ0) is 35.3. The van der Waals surface area contributed by atoms with Crippen molar-refractivity contribution in [3.8, 4) is 0 Å². The fourth-order valence-corrected chi connectivity index (χ4v) is 11.0. The number of carbonyl (C=O) groups is 2. The Morgan fingerprint density at radius 1 is 1.04 bits per heavy atom. The highest BCUT2D eigenvalue weighted by Gasteiger charge is 2.59. The van der Waals surface area contributed by atoms with Crippen LogP contribution in [0.25, 0.3) is 0 Å². The number of aryl methyl sites for hydroxylation is 1. The van der Waals surface area contributed by atoms with Gasteiger partial charge in [-0.05, 0) is 150 Å². The molecule has 2 aromatic rings. The van der Waals surface area contributed by atoms with E-state index in [1.807, 2.05) is 43.9 Å². The van der Waals surface area contributed by atoms with E-state index < -0.39 is 17.1 Å². The van der Waals surface area contributed by atoms with Gasteiger partial charge in [0, 0.05) is 28.4 Å². The van der Waals surface area contributed by atoms with Crippen LogP contribution in [-0.4, -0.2) is 57.8 Å². The van der Waals surface area contributed by atoms with Gasteiger partial charge in [0.1, 0.15) is 0 Å². The van der Waals surface area contributed by atoms with Crippen LogP contribution in [0.5, 0.6) is 0 Å². The number of carbonyl (C=O) groups excluding carboxylic acids is 2. The fraction of sp³-hybridized carbons (Fsp3) is 0.667. The van der Waals surface area contributed by atoms with Crippen molar-refractivity contribution >= 4 is 23.2 Å². The molecule has 1 heterocycles. The summed E-state index contributed by atoms with van der Waals surface area (Å²) in [5.41, 5.74) is 2.49. The highest BCUT2D eigenvalue weighted by molar-refractivity contribution is 7.14. The highest BCUT2D eigenvalue weighted by atomic mass is 32.1. The van der Waals surface area contributed by atoms with E-state index in [2.05, 4.69) is 51.2 Å². The normalized spacial score (nSPS) is 32.5. The lowest BCUT2D eigenvalue weighted by molar-refractivity contribution is -0.117. The fourth-order valence-electron chi connectivity index (χ4n) is 10.2. The average Bonchev–Trinajstić information content (AvgIpc) is 3.59. The van der Waals surface area contributed by atoms with Gasteiger partial charge in [-0.1, -0.05) is 44.6 Å². The summed E-state index contributed by atoms with van der Waals surface area (Å²) in [6.45, 7) is 16.1. The number of nitrogens with one attached hydrogen (secondary N) is 1. The SMILES string of the molecule is CC1=CCCC2(C)C(CCC2(O)CN(CC2CCC3CC2C3(C)C)C(=O)NC(C)C)c2ccc(cc2C(=O)c2ccc(C)s2)CC(O)CC1. The van der Waals surface area contributed by atoms with Crippen LogP contribution in [0.15, 0.2) is 42.0 Å². The third-order valence-corrected chi connectivity index (χ3v) is 14.5. The van der Waals surface area contributed by atoms with Crippen LogP contribution in [0, 0.1) is 35.5 Å². The zero-order valence-corrected chi connectivity index (χ0v) is 31.8. The number of aliphatic hydroxyl groups is 2. The van der Waals surface area contributed by atoms with Crippen LogP contribution in [0.2, 0.25) is 0 Å². The van der Waals surface area contributed by atoms with E-state index in [9.17, 15) is 19.8 Å². The van der Waals surface area contributed by atoms with Crippen molar-refractivity contribution in [1.82, 2.24) is 10.2 Å². The minimum absolute atomic E-state index is 0.00129. The van der Waals surface area contributed by atoms with E-state index in [1.54, 1.807) is 0 Å². The largest absolute Gasteiger partial charge is 0.393 e. The lowest BCUT2D eigenvalue weighted by Crippen LogP contribution is -2.59. The van der Waals surface area contributed by atoms with Crippen LogP contribution < -0.4 is 5.32 Å². The molecule has 7 unspecified atom stereocenters. The van der Waals surface area contributed by atoms with E-state index in [-0.39, 0.29) is 30.3 Å². The van der Waals surface area contributed by atoms with Gasteiger partial charge in [0.15, 0.2) is 0 Å². The molecule has 1 aromatic heterocycles. The quantitative estimate of drug-likeness (QED) is 0.200. The summed E-state index contributed by atoms with van der Waals surface area (Å²) in [4.78, 5) is 32.0. The van der Waals surface area contributed by atoms with Crippen molar-refractivity contribution in [3.63, 3.8) is 0 Å². The number of benzene rings is 1. The lowest BCUT2D eigenvalue weighted by Gasteiger charge is -2.60. The first kappa shape index (κ1) is 36.3. The molecule has 268 valence electrons. The van der Waals surface area contributed by atoms with Crippen LogP contribution in [-0.2, 0) is 6.42 Å². The number of urea groups is 1. The minimum Gasteiger partial charge on any atom is -0.393 e. The predicted octanol–water partition coefficient (Wildman–Crippen LogP) is 8.82. The molecule has 7 heteroatoms. The van der Waals surface area contributed by atoms with E-state index >= 15 is 0 Å². The Morgan fingerprint density at radius 2 is 1.82 bits per heavy atom. The number of aliphatic hydroxyl groups excluding tert-OH is 1. The molecule has 8 rings (SSSR count). The third-order valence-electron chi connectivity index (χ3n) is 13.5. The van der Waals surface area contributed by atoms with Crippen molar-refractivity contribution in [2.45, 2.75) is 136 Å². The molecule has 4 fully saturated rings. The maximum atomic E-state index is 14.3. The van der Waals surface area contributed by atoms with Gasteiger partial charge in [-0.25, -0.2) is 4.79 Å². The number of fused-ring (bicyclic) bond motifs is 10. The molecule has 0 radical (unpaired) electrons. The van der Waals surface area contributed by atoms with Crippen molar-refractivity contribution in [1.29, 1.82) is 0 Å². The zero-order valence-electron chi connectivity index (χ0n) is 31.0.